The van der Waals surface area contributed by atoms with Gasteiger partial charge in [0, 0.05) is 19.2 Å². The van der Waals surface area contributed by atoms with Gasteiger partial charge in [0.05, 0.1) is 12.7 Å². The Morgan fingerprint density at radius 3 is 3.11 bits per heavy atom. The lowest BCUT2D eigenvalue weighted by Crippen LogP contribution is -2.28. The van der Waals surface area contributed by atoms with Gasteiger partial charge in [0.2, 0.25) is 0 Å². The molecule has 0 radical (unpaired) electrons. The van der Waals surface area contributed by atoms with Crippen LogP contribution in [0.25, 0.3) is 0 Å². The fourth-order valence-electron chi connectivity index (χ4n) is 2.27. The molecule has 1 aliphatic heterocycles. The SMILES string of the molecule is CCOc1cccc([C@@H](C)NC[C@H]2CCCO2)c1. The topological polar surface area (TPSA) is 30.5 Å². The molecule has 1 fully saturated rings. The van der Waals surface area contributed by atoms with Gasteiger partial charge in [0.25, 0.3) is 0 Å². The van der Waals surface area contributed by atoms with E-state index in [2.05, 4.69) is 24.4 Å². The van der Waals surface area contributed by atoms with Gasteiger partial charge in [-0.2, -0.15) is 0 Å². The van der Waals surface area contributed by atoms with Crippen molar-refractivity contribution in [1.82, 2.24) is 5.32 Å². The van der Waals surface area contributed by atoms with Crippen molar-refractivity contribution < 1.29 is 9.47 Å². The van der Waals surface area contributed by atoms with Crippen molar-refractivity contribution in [3.63, 3.8) is 0 Å². The molecule has 1 N–H and O–H groups in total. The molecule has 1 aromatic carbocycles. The van der Waals surface area contributed by atoms with Gasteiger partial charge in [-0.1, -0.05) is 12.1 Å². The minimum absolute atomic E-state index is 0.328. The maximum Gasteiger partial charge on any atom is 0.119 e. The second-order valence-corrected chi connectivity index (χ2v) is 4.77. The van der Waals surface area contributed by atoms with Crippen LogP contribution in [0.5, 0.6) is 5.75 Å². The Bertz CT molecular complexity index is 361. The van der Waals surface area contributed by atoms with E-state index in [-0.39, 0.29) is 0 Å². The number of ether oxygens (including phenoxy) is 2. The van der Waals surface area contributed by atoms with Crippen molar-refractivity contribution in [2.75, 3.05) is 19.8 Å². The number of hydrogen-bond acceptors (Lipinski definition) is 3. The first kappa shape index (κ1) is 13.4. The van der Waals surface area contributed by atoms with E-state index in [9.17, 15) is 0 Å². The number of rotatable bonds is 6. The number of benzene rings is 1. The highest BCUT2D eigenvalue weighted by Gasteiger charge is 2.16. The maximum absolute atomic E-state index is 5.61. The summed E-state index contributed by atoms with van der Waals surface area (Å²) in [5.74, 6) is 0.945. The zero-order chi connectivity index (χ0) is 12.8. The molecule has 100 valence electrons. The minimum atomic E-state index is 0.328. The Morgan fingerprint density at radius 1 is 1.50 bits per heavy atom. The Balaban J connectivity index is 1.86. The molecule has 1 aromatic rings. The van der Waals surface area contributed by atoms with E-state index < -0.39 is 0 Å². The third kappa shape index (κ3) is 3.72. The van der Waals surface area contributed by atoms with Crippen LogP contribution in [0.2, 0.25) is 0 Å². The Morgan fingerprint density at radius 2 is 2.39 bits per heavy atom. The third-order valence-corrected chi connectivity index (χ3v) is 3.34. The van der Waals surface area contributed by atoms with Gasteiger partial charge in [-0.15, -0.1) is 0 Å². The van der Waals surface area contributed by atoms with Crippen molar-refractivity contribution in [3.8, 4) is 5.75 Å². The van der Waals surface area contributed by atoms with E-state index in [0.29, 0.717) is 18.8 Å². The first-order valence-electron chi connectivity index (χ1n) is 6.87. The molecule has 1 aliphatic rings. The molecule has 0 aromatic heterocycles. The van der Waals surface area contributed by atoms with Gasteiger partial charge in [0.1, 0.15) is 5.75 Å². The Kier molecular flexibility index (Phi) is 5.02. The van der Waals surface area contributed by atoms with Gasteiger partial charge in [-0.05, 0) is 44.4 Å². The molecule has 3 heteroatoms. The van der Waals surface area contributed by atoms with Crippen LogP contribution in [-0.4, -0.2) is 25.9 Å². The molecular formula is C15H23NO2. The Hall–Kier alpha value is -1.06. The first-order valence-corrected chi connectivity index (χ1v) is 6.87. The van der Waals surface area contributed by atoms with Crippen LogP contribution >= 0.6 is 0 Å². The highest BCUT2D eigenvalue weighted by atomic mass is 16.5. The van der Waals surface area contributed by atoms with Gasteiger partial charge < -0.3 is 14.8 Å². The van der Waals surface area contributed by atoms with E-state index in [4.69, 9.17) is 9.47 Å². The third-order valence-electron chi connectivity index (χ3n) is 3.34. The van der Waals surface area contributed by atoms with E-state index in [1.165, 1.54) is 18.4 Å². The van der Waals surface area contributed by atoms with Crippen LogP contribution in [-0.2, 0) is 4.74 Å². The zero-order valence-electron chi connectivity index (χ0n) is 11.3. The maximum atomic E-state index is 5.61. The smallest absolute Gasteiger partial charge is 0.119 e. The zero-order valence-corrected chi connectivity index (χ0v) is 11.3. The molecule has 1 heterocycles. The summed E-state index contributed by atoms with van der Waals surface area (Å²) in [7, 11) is 0. The van der Waals surface area contributed by atoms with E-state index in [1.807, 2.05) is 19.1 Å². The van der Waals surface area contributed by atoms with Crippen molar-refractivity contribution in [2.45, 2.75) is 38.8 Å². The summed E-state index contributed by atoms with van der Waals surface area (Å²) in [4.78, 5) is 0. The van der Waals surface area contributed by atoms with Crippen LogP contribution in [0, 0.1) is 0 Å². The second kappa shape index (κ2) is 6.76. The van der Waals surface area contributed by atoms with Crippen molar-refractivity contribution >= 4 is 0 Å². The molecule has 2 atom stereocenters. The molecule has 1 saturated heterocycles. The van der Waals surface area contributed by atoms with Crippen LogP contribution in [0.15, 0.2) is 24.3 Å². The first-order chi connectivity index (χ1) is 8.79. The van der Waals surface area contributed by atoms with Crippen LogP contribution < -0.4 is 10.1 Å². The molecule has 0 amide bonds. The molecule has 3 nitrogen and oxygen atoms in total. The summed E-state index contributed by atoms with van der Waals surface area (Å²) in [5, 5.41) is 3.53. The predicted octanol–water partition coefficient (Wildman–Crippen LogP) is 2.91. The molecule has 0 unspecified atom stereocenters. The summed E-state index contributed by atoms with van der Waals surface area (Å²) in [5.41, 5.74) is 1.26. The lowest BCUT2D eigenvalue weighted by atomic mass is 10.1. The summed E-state index contributed by atoms with van der Waals surface area (Å²) < 4.78 is 11.1. The van der Waals surface area contributed by atoms with Gasteiger partial charge >= 0.3 is 0 Å². The second-order valence-electron chi connectivity index (χ2n) is 4.77. The van der Waals surface area contributed by atoms with E-state index in [1.54, 1.807) is 0 Å². The Labute approximate surface area is 109 Å². The van der Waals surface area contributed by atoms with Gasteiger partial charge in [-0.25, -0.2) is 0 Å². The summed E-state index contributed by atoms with van der Waals surface area (Å²) in [6.07, 6.45) is 2.77. The lowest BCUT2D eigenvalue weighted by Gasteiger charge is -2.18. The lowest BCUT2D eigenvalue weighted by molar-refractivity contribution is 0.108. The summed E-state index contributed by atoms with van der Waals surface area (Å²) in [6, 6.07) is 8.62. The largest absolute Gasteiger partial charge is 0.494 e. The fraction of sp³-hybridized carbons (Fsp3) is 0.600. The van der Waals surface area contributed by atoms with Crippen molar-refractivity contribution in [1.29, 1.82) is 0 Å². The van der Waals surface area contributed by atoms with E-state index >= 15 is 0 Å². The molecule has 0 saturated carbocycles. The quantitative estimate of drug-likeness (QED) is 0.841. The molecule has 2 rings (SSSR count). The monoisotopic (exact) mass is 249 g/mol. The van der Waals surface area contributed by atoms with Crippen LogP contribution in [0.3, 0.4) is 0 Å². The highest BCUT2D eigenvalue weighted by Crippen LogP contribution is 2.20. The fourth-order valence-corrected chi connectivity index (χ4v) is 2.27. The summed E-state index contributed by atoms with van der Waals surface area (Å²) in [6.45, 7) is 6.74. The van der Waals surface area contributed by atoms with E-state index in [0.717, 1.165) is 18.9 Å². The summed E-state index contributed by atoms with van der Waals surface area (Å²) >= 11 is 0. The normalized spacial score (nSPS) is 20.9. The molecule has 18 heavy (non-hydrogen) atoms. The number of hydrogen-bond donors (Lipinski definition) is 1. The average molecular weight is 249 g/mol. The van der Waals surface area contributed by atoms with Gasteiger partial charge in [-0.3, -0.25) is 0 Å². The van der Waals surface area contributed by atoms with Crippen LogP contribution in [0.1, 0.15) is 38.3 Å². The number of nitrogens with one attached hydrogen (secondary N) is 1. The van der Waals surface area contributed by atoms with Crippen LogP contribution in [0.4, 0.5) is 0 Å². The molecular weight excluding hydrogens is 226 g/mol. The predicted molar refractivity (Wildman–Crippen MR) is 73.0 cm³/mol. The average Bonchev–Trinajstić information content (AvgIpc) is 2.90. The minimum Gasteiger partial charge on any atom is -0.494 e. The van der Waals surface area contributed by atoms with Gasteiger partial charge in [0.15, 0.2) is 0 Å². The molecule has 0 bridgehead atoms. The standard InChI is InChI=1S/C15H23NO2/c1-3-17-14-7-4-6-13(10-14)12(2)16-11-15-8-5-9-18-15/h4,6-7,10,12,15-16H,3,5,8-9,11H2,1-2H3/t12-,15-/m1/s1. The molecule has 0 spiro atoms. The highest BCUT2D eigenvalue weighted by molar-refractivity contribution is 5.30. The van der Waals surface area contributed by atoms with Crippen molar-refractivity contribution in [3.05, 3.63) is 29.8 Å². The molecule has 0 aliphatic carbocycles. The van der Waals surface area contributed by atoms with Crippen molar-refractivity contribution in [2.24, 2.45) is 0 Å².